The number of carbonyl (C=O) groups is 1. The lowest BCUT2D eigenvalue weighted by Crippen LogP contribution is -2.44. The van der Waals surface area contributed by atoms with Crippen LogP contribution in [-0.4, -0.2) is 39.6 Å². The molecule has 0 radical (unpaired) electrons. The number of nitrogens with zero attached hydrogens (tertiary/aromatic N) is 3. The molecule has 2 heterocycles. The number of para-hydroxylation sites is 1. The number of hydrogen-bond acceptors (Lipinski definition) is 3. The van der Waals surface area contributed by atoms with Gasteiger partial charge in [0.2, 0.25) is 0 Å². The number of amides is 1. The third kappa shape index (κ3) is 3.92. The molecule has 2 aromatic rings. The molecule has 2 fully saturated rings. The van der Waals surface area contributed by atoms with Crippen molar-refractivity contribution in [2.24, 2.45) is 5.92 Å². The Kier molecular flexibility index (Phi) is 4.96. The third-order valence-corrected chi connectivity index (χ3v) is 5.48. The molecule has 1 aromatic carbocycles. The Morgan fingerprint density at radius 1 is 1.19 bits per heavy atom. The Labute approximate surface area is 155 Å². The summed E-state index contributed by atoms with van der Waals surface area (Å²) in [6.45, 7) is 4.50. The fourth-order valence-electron chi connectivity index (χ4n) is 3.78. The van der Waals surface area contributed by atoms with Gasteiger partial charge < -0.3 is 14.2 Å². The molecule has 138 valence electrons. The lowest BCUT2D eigenvalue weighted by atomic mass is 9.95. The number of carbonyl (C=O) groups excluding carboxylic acids is 1. The fraction of sp³-hybridized carbons (Fsp3) is 0.524. The first kappa shape index (κ1) is 17.1. The molecule has 1 aliphatic carbocycles. The van der Waals surface area contributed by atoms with Gasteiger partial charge in [-0.25, -0.2) is 4.98 Å². The standard InChI is InChI=1S/C21H27N3O2/c1-16(26-19-5-3-2-4-6-19)21(25)23-12-9-18(10-13-23)20-22-11-14-24(20)15-17-7-8-17/h2-6,11,14,16-18H,7-10,12-13,15H2,1H3/t16-/m0/s1. The van der Waals surface area contributed by atoms with Crippen LogP contribution in [0.2, 0.25) is 0 Å². The number of aromatic nitrogens is 2. The maximum atomic E-state index is 12.7. The van der Waals surface area contributed by atoms with Gasteiger partial charge in [-0.05, 0) is 50.7 Å². The first-order valence-corrected chi connectivity index (χ1v) is 9.72. The molecule has 1 amide bonds. The van der Waals surface area contributed by atoms with Gasteiger partial charge in [-0.3, -0.25) is 4.79 Å². The van der Waals surface area contributed by atoms with Crippen molar-refractivity contribution in [1.29, 1.82) is 0 Å². The van der Waals surface area contributed by atoms with Crippen molar-refractivity contribution in [1.82, 2.24) is 14.5 Å². The van der Waals surface area contributed by atoms with Crippen molar-refractivity contribution in [3.05, 3.63) is 48.5 Å². The first-order valence-electron chi connectivity index (χ1n) is 9.72. The molecule has 1 atom stereocenters. The SMILES string of the molecule is C[C@H](Oc1ccccc1)C(=O)N1CCC(c2nccn2CC2CC2)CC1. The molecule has 5 heteroatoms. The van der Waals surface area contributed by atoms with E-state index in [0.717, 1.165) is 44.1 Å². The van der Waals surface area contributed by atoms with Crippen molar-refractivity contribution in [3.63, 3.8) is 0 Å². The van der Waals surface area contributed by atoms with Crippen LogP contribution in [-0.2, 0) is 11.3 Å². The van der Waals surface area contributed by atoms with E-state index >= 15 is 0 Å². The summed E-state index contributed by atoms with van der Waals surface area (Å²) in [7, 11) is 0. The molecule has 1 aliphatic heterocycles. The first-order chi connectivity index (χ1) is 12.7. The summed E-state index contributed by atoms with van der Waals surface area (Å²) in [4.78, 5) is 19.3. The number of likely N-dealkylation sites (tertiary alicyclic amines) is 1. The van der Waals surface area contributed by atoms with Crippen LogP contribution in [0.5, 0.6) is 5.75 Å². The van der Waals surface area contributed by atoms with Gasteiger partial charge >= 0.3 is 0 Å². The van der Waals surface area contributed by atoms with E-state index in [-0.39, 0.29) is 5.91 Å². The fourth-order valence-corrected chi connectivity index (χ4v) is 3.78. The Morgan fingerprint density at radius 2 is 1.92 bits per heavy atom. The molecule has 26 heavy (non-hydrogen) atoms. The van der Waals surface area contributed by atoms with Crippen LogP contribution in [0.1, 0.15) is 44.3 Å². The predicted molar refractivity (Wildman–Crippen MR) is 100 cm³/mol. The Morgan fingerprint density at radius 3 is 2.62 bits per heavy atom. The molecule has 2 aliphatic rings. The van der Waals surface area contributed by atoms with Gasteiger partial charge in [0.1, 0.15) is 11.6 Å². The highest BCUT2D eigenvalue weighted by atomic mass is 16.5. The second-order valence-corrected chi connectivity index (χ2v) is 7.55. The minimum Gasteiger partial charge on any atom is -0.481 e. The van der Waals surface area contributed by atoms with Crippen molar-refractivity contribution in [3.8, 4) is 5.75 Å². The number of imidazole rings is 1. The molecule has 0 unspecified atom stereocenters. The monoisotopic (exact) mass is 353 g/mol. The van der Waals surface area contributed by atoms with E-state index in [1.165, 1.54) is 18.7 Å². The molecule has 0 spiro atoms. The Balaban J connectivity index is 1.31. The molecule has 1 saturated heterocycles. The molecule has 5 nitrogen and oxygen atoms in total. The largest absolute Gasteiger partial charge is 0.481 e. The zero-order valence-corrected chi connectivity index (χ0v) is 15.4. The normalized spacial score (nSPS) is 19.3. The van der Waals surface area contributed by atoms with E-state index in [9.17, 15) is 4.79 Å². The summed E-state index contributed by atoms with van der Waals surface area (Å²) >= 11 is 0. The lowest BCUT2D eigenvalue weighted by molar-refractivity contribution is -0.139. The Hall–Kier alpha value is -2.30. The zero-order chi connectivity index (χ0) is 17.9. The summed E-state index contributed by atoms with van der Waals surface area (Å²) in [5.41, 5.74) is 0. The molecule has 0 bridgehead atoms. The maximum absolute atomic E-state index is 12.7. The van der Waals surface area contributed by atoms with Crippen LogP contribution in [0.4, 0.5) is 0 Å². The van der Waals surface area contributed by atoms with Crippen LogP contribution in [0, 0.1) is 5.92 Å². The van der Waals surface area contributed by atoms with Crippen molar-refractivity contribution >= 4 is 5.91 Å². The Bertz CT molecular complexity index is 731. The zero-order valence-electron chi connectivity index (χ0n) is 15.4. The number of ether oxygens (including phenoxy) is 1. The summed E-state index contributed by atoms with van der Waals surface area (Å²) in [6.07, 6.45) is 8.24. The second kappa shape index (κ2) is 7.52. The number of rotatable bonds is 6. The molecule has 4 rings (SSSR count). The minimum absolute atomic E-state index is 0.0774. The highest BCUT2D eigenvalue weighted by Crippen LogP contribution is 2.33. The lowest BCUT2D eigenvalue weighted by Gasteiger charge is -2.33. The van der Waals surface area contributed by atoms with Crippen molar-refractivity contribution < 1.29 is 9.53 Å². The van der Waals surface area contributed by atoms with Gasteiger partial charge in [0.05, 0.1) is 0 Å². The van der Waals surface area contributed by atoms with Gasteiger partial charge in [-0.15, -0.1) is 0 Å². The van der Waals surface area contributed by atoms with E-state index in [2.05, 4.69) is 15.7 Å². The topological polar surface area (TPSA) is 47.4 Å². The number of benzene rings is 1. The van der Waals surface area contributed by atoms with Gasteiger partial charge in [0.15, 0.2) is 6.10 Å². The van der Waals surface area contributed by atoms with E-state index in [0.29, 0.717) is 5.92 Å². The van der Waals surface area contributed by atoms with Crippen LogP contribution < -0.4 is 4.74 Å². The van der Waals surface area contributed by atoms with Crippen LogP contribution in [0.3, 0.4) is 0 Å². The van der Waals surface area contributed by atoms with Gasteiger partial charge in [-0.2, -0.15) is 0 Å². The number of piperidine rings is 1. The smallest absolute Gasteiger partial charge is 0.263 e. The van der Waals surface area contributed by atoms with E-state index in [4.69, 9.17) is 4.74 Å². The molecular weight excluding hydrogens is 326 g/mol. The molecule has 0 N–H and O–H groups in total. The quantitative estimate of drug-likeness (QED) is 0.799. The number of hydrogen-bond donors (Lipinski definition) is 0. The van der Waals surface area contributed by atoms with Crippen LogP contribution in [0.15, 0.2) is 42.7 Å². The average molecular weight is 353 g/mol. The van der Waals surface area contributed by atoms with Crippen LogP contribution in [0.25, 0.3) is 0 Å². The summed E-state index contributed by atoms with van der Waals surface area (Å²) in [5, 5.41) is 0. The average Bonchev–Trinajstić information content (AvgIpc) is 3.37. The highest BCUT2D eigenvalue weighted by molar-refractivity contribution is 5.81. The molecule has 1 saturated carbocycles. The summed E-state index contributed by atoms with van der Waals surface area (Å²) < 4.78 is 8.12. The highest BCUT2D eigenvalue weighted by Gasteiger charge is 2.30. The van der Waals surface area contributed by atoms with Crippen LogP contribution >= 0.6 is 0 Å². The van der Waals surface area contributed by atoms with Crippen molar-refractivity contribution in [2.45, 2.75) is 51.2 Å². The van der Waals surface area contributed by atoms with E-state index in [1.807, 2.05) is 48.4 Å². The molecule has 1 aromatic heterocycles. The summed E-state index contributed by atoms with van der Waals surface area (Å²) in [5.74, 6) is 3.33. The third-order valence-electron chi connectivity index (χ3n) is 5.48. The maximum Gasteiger partial charge on any atom is 0.263 e. The van der Waals surface area contributed by atoms with Gasteiger partial charge in [0, 0.05) is 37.9 Å². The van der Waals surface area contributed by atoms with E-state index < -0.39 is 6.10 Å². The van der Waals surface area contributed by atoms with Gasteiger partial charge in [-0.1, -0.05) is 18.2 Å². The van der Waals surface area contributed by atoms with E-state index in [1.54, 1.807) is 0 Å². The van der Waals surface area contributed by atoms with Crippen molar-refractivity contribution in [2.75, 3.05) is 13.1 Å². The van der Waals surface area contributed by atoms with Gasteiger partial charge in [0.25, 0.3) is 5.91 Å². The minimum atomic E-state index is -0.453. The predicted octanol–water partition coefficient (Wildman–Crippen LogP) is 3.47. The summed E-state index contributed by atoms with van der Waals surface area (Å²) in [6, 6.07) is 9.55. The second-order valence-electron chi connectivity index (χ2n) is 7.55. The molecular formula is C21H27N3O2.